The number of rotatable bonds is 5. The second-order valence-corrected chi connectivity index (χ2v) is 2.99. The fourth-order valence-electron chi connectivity index (χ4n) is 1.23. The van der Waals surface area contributed by atoms with Gasteiger partial charge in [0.2, 0.25) is 5.82 Å². The maximum absolute atomic E-state index is 10.9. The van der Waals surface area contributed by atoms with Crippen LogP contribution >= 0.6 is 0 Å². The number of aromatic nitrogens is 2. The van der Waals surface area contributed by atoms with E-state index in [4.69, 9.17) is 4.74 Å². The first-order valence-electron chi connectivity index (χ1n) is 4.97. The molecule has 16 heavy (non-hydrogen) atoms. The number of nitrogens with one attached hydrogen (secondary N) is 1. The van der Waals surface area contributed by atoms with Crippen molar-refractivity contribution in [1.29, 1.82) is 0 Å². The first-order valence-corrected chi connectivity index (χ1v) is 4.97. The van der Waals surface area contributed by atoms with Crippen LogP contribution in [0.4, 0.5) is 11.5 Å². The van der Waals surface area contributed by atoms with Crippen LogP contribution in [-0.2, 0) is 6.42 Å². The summed E-state index contributed by atoms with van der Waals surface area (Å²) in [6.45, 7) is 4.25. The van der Waals surface area contributed by atoms with E-state index in [0.29, 0.717) is 18.8 Å². The van der Waals surface area contributed by atoms with Crippen LogP contribution in [0.1, 0.15) is 19.7 Å². The lowest BCUT2D eigenvalue weighted by molar-refractivity contribution is -0.385. The van der Waals surface area contributed by atoms with Crippen LogP contribution in [0.5, 0.6) is 5.88 Å². The summed E-state index contributed by atoms with van der Waals surface area (Å²) in [4.78, 5) is 18.4. The minimum absolute atomic E-state index is 0.00667. The summed E-state index contributed by atoms with van der Waals surface area (Å²) >= 11 is 0. The summed E-state index contributed by atoms with van der Waals surface area (Å²) in [5, 5.41) is 13.7. The number of nitrogens with zero attached hydrogens (tertiary/aromatic N) is 3. The van der Waals surface area contributed by atoms with Gasteiger partial charge in [0.25, 0.3) is 5.88 Å². The monoisotopic (exact) mass is 226 g/mol. The SMILES string of the molecule is CCNc1nc(CC)nc(OC)c1[N+](=O)[O-]. The van der Waals surface area contributed by atoms with Crippen LogP contribution in [0.3, 0.4) is 0 Å². The minimum Gasteiger partial charge on any atom is -0.476 e. The normalized spacial score (nSPS) is 9.94. The summed E-state index contributed by atoms with van der Waals surface area (Å²) in [5.74, 6) is 0.711. The molecule has 1 heterocycles. The van der Waals surface area contributed by atoms with Crippen LogP contribution in [0.15, 0.2) is 0 Å². The van der Waals surface area contributed by atoms with Crippen molar-refractivity contribution in [2.45, 2.75) is 20.3 Å². The molecule has 0 amide bonds. The highest BCUT2D eigenvalue weighted by atomic mass is 16.6. The maximum atomic E-state index is 10.9. The van der Waals surface area contributed by atoms with Gasteiger partial charge in [0, 0.05) is 13.0 Å². The molecule has 0 aliphatic carbocycles. The van der Waals surface area contributed by atoms with E-state index in [9.17, 15) is 10.1 Å². The van der Waals surface area contributed by atoms with Crippen LogP contribution < -0.4 is 10.1 Å². The van der Waals surface area contributed by atoms with Gasteiger partial charge in [-0.1, -0.05) is 6.92 Å². The Morgan fingerprint density at radius 2 is 2.12 bits per heavy atom. The number of hydrogen-bond acceptors (Lipinski definition) is 6. The Labute approximate surface area is 93.0 Å². The molecule has 0 saturated carbocycles. The lowest BCUT2D eigenvalue weighted by Crippen LogP contribution is -2.09. The molecule has 7 heteroatoms. The van der Waals surface area contributed by atoms with Gasteiger partial charge in [0.1, 0.15) is 5.82 Å². The number of ether oxygens (including phenoxy) is 1. The quantitative estimate of drug-likeness (QED) is 0.602. The van der Waals surface area contributed by atoms with E-state index in [-0.39, 0.29) is 17.4 Å². The van der Waals surface area contributed by atoms with Gasteiger partial charge >= 0.3 is 5.69 Å². The Balaban J connectivity index is 3.34. The van der Waals surface area contributed by atoms with Crippen molar-refractivity contribution >= 4 is 11.5 Å². The fourth-order valence-corrected chi connectivity index (χ4v) is 1.23. The molecule has 1 rings (SSSR count). The van der Waals surface area contributed by atoms with E-state index in [1.165, 1.54) is 7.11 Å². The molecule has 0 spiro atoms. The van der Waals surface area contributed by atoms with Gasteiger partial charge in [-0.15, -0.1) is 0 Å². The number of hydrogen-bond donors (Lipinski definition) is 1. The van der Waals surface area contributed by atoms with Crippen molar-refractivity contribution in [3.63, 3.8) is 0 Å². The Morgan fingerprint density at radius 1 is 1.44 bits per heavy atom. The number of anilines is 1. The van der Waals surface area contributed by atoms with Crippen LogP contribution in [0.25, 0.3) is 0 Å². The average molecular weight is 226 g/mol. The molecule has 0 aromatic carbocycles. The maximum Gasteiger partial charge on any atom is 0.372 e. The largest absolute Gasteiger partial charge is 0.476 e. The topological polar surface area (TPSA) is 90.2 Å². The summed E-state index contributed by atoms with van der Waals surface area (Å²) in [5.41, 5.74) is -0.221. The molecule has 0 aliphatic rings. The minimum atomic E-state index is -0.545. The van der Waals surface area contributed by atoms with Gasteiger partial charge in [-0.2, -0.15) is 4.98 Å². The van der Waals surface area contributed by atoms with Crippen molar-refractivity contribution < 1.29 is 9.66 Å². The molecule has 0 radical (unpaired) electrons. The van der Waals surface area contributed by atoms with Crippen molar-refractivity contribution in [3.8, 4) is 5.88 Å². The van der Waals surface area contributed by atoms with Crippen molar-refractivity contribution in [3.05, 3.63) is 15.9 Å². The first kappa shape index (κ1) is 12.2. The van der Waals surface area contributed by atoms with Gasteiger partial charge in [-0.25, -0.2) is 4.98 Å². The highest BCUT2D eigenvalue weighted by Gasteiger charge is 2.24. The van der Waals surface area contributed by atoms with Crippen LogP contribution in [-0.4, -0.2) is 28.5 Å². The number of methoxy groups -OCH3 is 1. The Hall–Kier alpha value is -1.92. The van der Waals surface area contributed by atoms with Crippen molar-refractivity contribution in [1.82, 2.24) is 9.97 Å². The zero-order valence-corrected chi connectivity index (χ0v) is 9.48. The number of aryl methyl sites for hydroxylation is 1. The van der Waals surface area contributed by atoms with Gasteiger partial charge in [-0.3, -0.25) is 10.1 Å². The molecule has 0 unspecified atom stereocenters. The predicted octanol–water partition coefficient (Wildman–Crippen LogP) is 1.39. The van der Waals surface area contributed by atoms with E-state index < -0.39 is 4.92 Å². The summed E-state index contributed by atoms with van der Waals surface area (Å²) in [6.07, 6.45) is 0.590. The zero-order valence-electron chi connectivity index (χ0n) is 9.48. The molecule has 0 fully saturated rings. The van der Waals surface area contributed by atoms with Crippen LogP contribution in [0, 0.1) is 10.1 Å². The highest BCUT2D eigenvalue weighted by molar-refractivity contribution is 5.61. The second-order valence-electron chi connectivity index (χ2n) is 2.99. The third kappa shape index (κ3) is 2.36. The molecule has 7 nitrogen and oxygen atoms in total. The average Bonchev–Trinajstić information content (AvgIpc) is 2.27. The molecular weight excluding hydrogens is 212 g/mol. The van der Waals surface area contributed by atoms with Gasteiger partial charge in [0.15, 0.2) is 0 Å². The van der Waals surface area contributed by atoms with Crippen molar-refractivity contribution in [2.75, 3.05) is 19.0 Å². The second kappa shape index (κ2) is 5.24. The Bertz CT molecular complexity index is 395. The molecule has 0 saturated heterocycles. The smallest absolute Gasteiger partial charge is 0.372 e. The molecule has 0 bridgehead atoms. The standard InChI is InChI=1S/C9H14N4O3/c1-4-6-11-8(10-5-2)7(13(14)15)9(12-6)16-3/h4-5H2,1-3H3,(H,10,11,12). The summed E-state index contributed by atoms with van der Waals surface area (Å²) < 4.78 is 4.90. The zero-order chi connectivity index (χ0) is 12.1. The van der Waals surface area contributed by atoms with Gasteiger partial charge in [0.05, 0.1) is 12.0 Å². The molecule has 1 aromatic rings. The molecule has 0 aliphatic heterocycles. The van der Waals surface area contributed by atoms with E-state index in [1.807, 2.05) is 13.8 Å². The molecule has 1 aromatic heterocycles. The van der Waals surface area contributed by atoms with E-state index in [0.717, 1.165) is 0 Å². The molecule has 0 atom stereocenters. The van der Waals surface area contributed by atoms with E-state index >= 15 is 0 Å². The predicted molar refractivity (Wildman–Crippen MR) is 58.8 cm³/mol. The highest BCUT2D eigenvalue weighted by Crippen LogP contribution is 2.31. The molecular formula is C9H14N4O3. The summed E-state index contributed by atoms with van der Waals surface area (Å²) in [7, 11) is 1.35. The molecule has 1 N–H and O–H groups in total. The fraction of sp³-hybridized carbons (Fsp3) is 0.556. The molecule has 88 valence electrons. The third-order valence-electron chi connectivity index (χ3n) is 1.93. The van der Waals surface area contributed by atoms with Gasteiger partial charge in [-0.05, 0) is 6.92 Å². The Morgan fingerprint density at radius 3 is 2.56 bits per heavy atom. The Kier molecular flexibility index (Phi) is 3.98. The van der Waals surface area contributed by atoms with E-state index in [1.54, 1.807) is 0 Å². The third-order valence-corrected chi connectivity index (χ3v) is 1.93. The van der Waals surface area contributed by atoms with Gasteiger partial charge < -0.3 is 10.1 Å². The summed E-state index contributed by atoms with van der Waals surface area (Å²) in [6, 6.07) is 0. The van der Waals surface area contributed by atoms with Crippen LogP contribution in [0.2, 0.25) is 0 Å². The number of nitro groups is 1. The lowest BCUT2D eigenvalue weighted by atomic mass is 10.4. The van der Waals surface area contributed by atoms with E-state index in [2.05, 4.69) is 15.3 Å². The first-order chi connectivity index (χ1) is 7.63. The van der Waals surface area contributed by atoms with Crippen molar-refractivity contribution in [2.24, 2.45) is 0 Å². The lowest BCUT2D eigenvalue weighted by Gasteiger charge is -2.08.